The van der Waals surface area contributed by atoms with Crippen LogP contribution in [0.5, 0.6) is 0 Å². The second kappa shape index (κ2) is 4.19. The molecule has 0 unspecified atom stereocenters. The Labute approximate surface area is 96.9 Å². The summed E-state index contributed by atoms with van der Waals surface area (Å²) >= 11 is 0. The molecule has 1 aromatic rings. The topological polar surface area (TPSA) is 23.5 Å². The van der Waals surface area contributed by atoms with E-state index >= 15 is 0 Å². The highest BCUT2D eigenvalue weighted by Crippen LogP contribution is 2.45. The Morgan fingerprint density at radius 1 is 1.19 bits per heavy atom. The lowest BCUT2D eigenvalue weighted by Crippen LogP contribution is -2.37. The van der Waals surface area contributed by atoms with E-state index in [1.807, 2.05) is 0 Å². The van der Waals surface area contributed by atoms with Gasteiger partial charge in [0.1, 0.15) is 0 Å². The molecule has 1 saturated carbocycles. The summed E-state index contributed by atoms with van der Waals surface area (Å²) in [6.45, 7) is 3.88. The Hall–Kier alpha value is -0.860. The fraction of sp³-hybridized carbons (Fsp3) is 0.571. The maximum atomic E-state index is 9.19. The van der Waals surface area contributed by atoms with Crippen LogP contribution in [0.2, 0.25) is 0 Å². The smallest absolute Gasteiger partial charge is 0.0462 e. The van der Waals surface area contributed by atoms with Crippen LogP contribution in [0.3, 0.4) is 0 Å². The van der Waals surface area contributed by atoms with Gasteiger partial charge in [-0.2, -0.15) is 0 Å². The Morgan fingerprint density at radius 3 is 2.75 bits per heavy atom. The van der Waals surface area contributed by atoms with Gasteiger partial charge in [0.15, 0.2) is 0 Å². The molecular weight excluding hydrogens is 198 g/mol. The van der Waals surface area contributed by atoms with Crippen molar-refractivity contribution < 1.29 is 5.11 Å². The average Bonchev–Trinajstić information content (AvgIpc) is 2.60. The highest BCUT2D eigenvalue weighted by Gasteiger charge is 2.46. The van der Waals surface area contributed by atoms with Crippen LogP contribution >= 0.6 is 0 Å². The Morgan fingerprint density at radius 2 is 2.00 bits per heavy atom. The number of nitrogens with zero attached hydrogens (tertiary/aromatic N) is 1. The van der Waals surface area contributed by atoms with Crippen LogP contribution in [-0.2, 0) is 6.54 Å². The summed E-state index contributed by atoms with van der Waals surface area (Å²) in [4.78, 5) is 2.54. The lowest BCUT2D eigenvalue weighted by molar-refractivity contribution is 0.0576. The second-order valence-corrected chi connectivity index (χ2v) is 5.28. The molecule has 86 valence electrons. The van der Waals surface area contributed by atoms with Crippen molar-refractivity contribution in [3.63, 3.8) is 0 Å². The quantitative estimate of drug-likeness (QED) is 0.833. The summed E-state index contributed by atoms with van der Waals surface area (Å²) < 4.78 is 0. The van der Waals surface area contributed by atoms with Crippen molar-refractivity contribution >= 4 is 0 Å². The number of benzene rings is 1. The summed E-state index contributed by atoms with van der Waals surface area (Å²) in [5.74, 6) is 2.22. The van der Waals surface area contributed by atoms with Gasteiger partial charge in [0.2, 0.25) is 0 Å². The number of fused-ring (bicyclic) bond motifs is 1. The molecule has 1 aromatic carbocycles. The number of aliphatic hydroxyl groups excluding tert-OH is 1. The zero-order valence-corrected chi connectivity index (χ0v) is 9.55. The lowest BCUT2D eigenvalue weighted by atomic mass is 9.67. The summed E-state index contributed by atoms with van der Waals surface area (Å²) in [6.07, 6.45) is 1.24. The predicted molar refractivity (Wildman–Crippen MR) is 63.9 cm³/mol. The molecule has 2 fully saturated rings. The first-order chi connectivity index (χ1) is 7.86. The zero-order chi connectivity index (χ0) is 11.0. The van der Waals surface area contributed by atoms with Crippen molar-refractivity contribution in [1.82, 2.24) is 4.90 Å². The van der Waals surface area contributed by atoms with Crippen molar-refractivity contribution in [3.8, 4) is 0 Å². The number of hydrogen-bond donors (Lipinski definition) is 1. The third-order valence-corrected chi connectivity index (χ3v) is 4.26. The summed E-state index contributed by atoms with van der Waals surface area (Å²) in [6, 6.07) is 10.7. The molecule has 0 amide bonds. The number of rotatable bonds is 3. The lowest BCUT2D eigenvalue weighted by Gasteiger charge is -2.38. The molecule has 1 aliphatic heterocycles. The number of aliphatic hydroxyl groups is 1. The van der Waals surface area contributed by atoms with E-state index in [2.05, 4.69) is 35.2 Å². The zero-order valence-electron chi connectivity index (χ0n) is 9.55. The van der Waals surface area contributed by atoms with Crippen LogP contribution in [0.15, 0.2) is 30.3 Å². The standard InChI is InChI=1S/C14H19NO/c16-10-13-6-12-8-15(9-14(12)13)7-11-4-2-1-3-5-11/h1-5,12-14,16H,6-10H2/t12-,13-,14+/m0/s1. The van der Waals surface area contributed by atoms with Gasteiger partial charge in [0, 0.05) is 26.2 Å². The molecule has 2 aliphatic rings. The van der Waals surface area contributed by atoms with E-state index in [-0.39, 0.29) is 0 Å². The molecule has 2 nitrogen and oxygen atoms in total. The van der Waals surface area contributed by atoms with E-state index in [1.165, 1.54) is 25.1 Å². The molecule has 0 radical (unpaired) electrons. The number of hydrogen-bond acceptors (Lipinski definition) is 2. The van der Waals surface area contributed by atoms with Crippen molar-refractivity contribution in [3.05, 3.63) is 35.9 Å². The Balaban J connectivity index is 1.59. The molecule has 1 N–H and O–H groups in total. The maximum Gasteiger partial charge on any atom is 0.0462 e. The van der Waals surface area contributed by atoms with Crippen molar-refractivity contribution in [2.45, 2.75) is 13.0 Å². The molecule has 1 heterocycles. The fourth-order valence-corrected chi connectivity index (χ4v) is 3.32. The van der Waals surface area contributed by atoms with Gasteiger partial charge in [-0.1, -0.05) is 30.3 Å². The second-order valence-electron chi connectivity index (χ2n) is 5.28. The van der Waals surface area contributed by atoms with E-state index in [0.29, 0.717) is 12.5 Å². The van der Waals surface area contributed by atoms with Gasteiger partial charge in [-0.25, -0.2) is 0 Å². The first-order valence-corrected chi connectivity index (χ1v) is 6.24. The van der Waals surface area contributed by atoms with Gasteiger partial charge in [0.25, 0.3) is 0 Å². The van der Waals surface area contributed by atoms with Gasteiger partial charge >= 0.3 is 0 Å². The molecule has 0 spiro atoms. The van der Waals surface area contributed by atoms with Gasteiger partial charge in [-0.05, 0) is 29.7 Å². The van der Waals surface area contributed by atoms with Crippen molar-refractivity contribution in [1.29, 1.82) is 0 Å². The molecule has 0 aromatic heterocycles. The van der Waals surface area contributed by atoms with E-state index in [9.17, 15) is 5.11 Å². The van der Waals surface area contributed by atoms with Crippen molar-refractivity contribution in [2.75, 3.05) is 19.7 Å². The largest absolute Gasteiger partial charge is 0.396 e. The molecule has 0 bridgehead atoms. The summed E-state index contributed by atoms with van der Waals surface area (Å²) in [5, 5.41) is 9.19. The molecule has 16 heavy (non-hydrogen) atoms. The summed E-state index contributed by atoms with van der Waals surface area (Å²) in [7, 11) is 0. The minimum atomic E-state index is 0.389. The van der Waals surface area contributed by atoms with Crippen LogP contribution in [0.25, 0.3) is 0 Å². The Kier molecular flexibility index (Phi) is 2.70. The van der Waals surface area contributed by atoms with Crippen LogP contribution < -0.4 is 0 Å². The predicted octanol–water partition coefficient (Wildman–Crippen LogP) is 1.75. The van der Waals surface area contributed by atoms with Crippen LogP contribution in [0.4, 0.5) is 0 Å². The van der Waals surface area contributed by atoms with E-state index in [1.54, 1.807) is 0 Å². The van der Waals surface area contributed by atoms with E-state index in [0.717, 1.165) is 18.4 Å². The first kappa shape index (κ1) is 10.3. The first-order valence-electron chi connectivity index (χ1n) is 6.24. The van der Waals surface area contributed by atoms with E-state index < -0.39 is 0 Å². The minimum absolute atomic E-state index is 0.389. The highest BCUT2D eigenvalue weighted by molar-refractivity contribution is 5.15. The third kappa shape index (κ3) is 1.76. The monoisotopic (exact) mass is 217 g/mol. The highest BCUT2D eigenvalue weighted by atomic mass is 16.3. The molecule has 3 rings (SSSR count). The molecule has 2 heteroatoms. The van der Waals surface area contributed by atoms with Crippen LogP contribution in [0.1, 0.15) is 12.0 Å². The van der Waals surface area contributed by atoms with Crippen LogP contribution in [0, 0.1) is 17.8 Å². The molecular formula is C14H19NO. The average molecular weight is 217 g/mol. The fourth-order valence-electron chi connectivity index (χ4n) is 3.32. The van der Waals surface area contributed by atoms with E-state index in [4.69, 9.17) is 0 Å². The molecule has 1 aliphatic carbocycles. The van der Waals surface area contributed by atoms with Gasteiger partial charge in [-0.15, -0.1) is 0 Å². The molecule has 3 atom stereocenters. The van der Waals surface area contributed by atoms with Gasteiger partial charge in [0.05, 0.1) is 0 Å². The number of likely N-dealkylation sites (tertiary alicyclic amines) is 1. The van der Waals surface area contributed by atoms with Gasteiger partial charge in [-0.3, -0.25) is 4.90 Å². The normalized spacial score (nSPS) is 33.4. The maximum absolute atomic E-state index is 9.19. The summed E-state index contributed by atoms with van der Waals surface area (Å²) in [5.41, 5.74) is 1.41. The Bertz CT molecular complexity index is 351. The minimum Gasteiger partial charge on any atom is -0.396 e. The SMILES string of the molecule is OC[C@@H]1C[C@H]2CN(Cc3ccccc3)C[C@@H]12. The third-order valence-electron chi connectivity index (χ3n) is 4.26. The molecule has 1 saturated heterocycles. The van der Waals surface area contributed by atoms with Crippen LogP contribution in [-0.4, -0.2) is 29.7 Å². The van der Waals surface area contributed by atoms with Gasteiger partial charge < -0.3 is 5.11 Å². The van der Waals surface area contributed by atoms with Crippen molar-refractivity contribution in [2.24, 2.45) is 17.8 Å².